The van der Waals surface area contributed by atoms with Crippen molar-refractivity contribution in [2.45, 2.75) is 18.6 Å². The van der Waals surface area contributed by atoms with Crippen LogP contribution in [0.15, 0.2) is 18.2 Å². The minimum atomic E-state index is -5.11. The average molecular weight is 268 g/mol. The summed E-state index contributed by atoms with van der Waals surface area (Å²) in [4.78, 5) is 10.8. The molecule has 0 bridgehead atoms. The van der Waals surface area contributed by atoms with Gasteiger partial charge in [0.2, 0.25) is 5.54 Å². The Morgan fingerprint density at radius 3 is 2.29 bits per heavy atom. The third-order valence-electron chi connectivity index (χ3n) is 2.41. The van der Waals surface area contributed by atoms with Crippen molar-refractivity contribution in [1.29, 1.82) is 0 Å². The summed E-state index contributed by atoms with van der Waals surface area (Å²) in [6.07, 6.45) is -5.11. The Labute approximate surface area is 100.0 Å². The molecule has 0 saturated heterocycles. The lowest BCUT2D eigenvalue weighted by Crippen LogP contribution is -2.56. The lowest BCUT2D eigenvalue weighted by molar-refractivity contribution is -0.204. The number of aryl methyl sites for hydroxylation is 1. The second-order valence-electron chi connectivity index (χ2n) is 3.57. The van der Waals surface area contributed by atoms with Gasteiger partial charge in [0, 0.05) is 5.02 Å². The van der Waals surface area contributed by atoms with Gasteiger partial charge in [-0.3, -0.25) is 0 Å². The summed E-state index contributed by atoms with van der Waals surface area (Å²) in [7, 11) is 0. The van der Waals surface area contributed by atoms with Gasteiger partial charge in [-0.2, -0.15) is 13.2 Å². The van der Waals surface area contributed by atoms with Crippen LogP contribution in [-0.4, -0.2) is 17.3 Å². The lowest BCUT2D eigenvalue weighted by atomic mass is 9.90. The summed E-state index contributed by atoms with van der Waals surface area (Å²) in [6.45, 7) is 1.58. The van der Waals surface area contributed by atoms with Crippen molar-refractivity contribution in [3.8, 4) is 0 Å². The molecule has 0 aliphatic rings. The van der Waals surface area contributed by atoms with Crippen molar-refractivity contribution in [2.24, 2.45) is 5.73 Å². The normalized spacial score (nSPS) is 15.4. The predicted molar refractivity (Wildman–Crippen MR) is 55.7 cm³/mol. The van der Waals surface area contributed by atoms with E-state index in [0.29, 0.717) is 5.56 Å². The summed E-state index contributed by atoms with van der Waals surface area (Å²) >= 11 is 5.66. The van der Waals surface area contributed by atoms with Crippen LogP contribution in [0.1, 0.15) is 11.1 Å². The first-order chi connectivity index (χ1) is 7.60. The number of carboxylic acid groups (broad SMARTS) is 1. The van der Waals surface area contributed by atoms with Crippen molar-refractivity contribution < 1.29 is 23.1 Å². The Kier molecular flexibility index (Phi) is 3.40. The number of hydrogen-bond acceptors (Lipinski definition) is 2. The van der Waals surface area contributed by atoms with E-state index in [4.69, 9.17) is 22.4 Å². The van der Waals surface area contributed by atoms with Crippen LogP contribution < -0.4 is 5.73 Å². The highest BCUT2D eigenvalue weighted by molar-refractivity contribution is 6.31. The highest BCUT2D eigenvalue weighted by Gasteiger charge is 2.59. The molecule has 0 aliphatic carbocycles. The average Bonchev–Trinajstić information content (AvgIpc) is 2.19. The van der Waals surface area contributed by atoms with Crippen LogP contribution in [0.3, 0.4) is 0 Å². The molecular formula is C10H9ClF3NO2. The van der Waals surface area contributed by atoms with Crippen LogP contribution in [0, 0.1) is 6.92 Å². The number of aliphatic carboxylic acids is 1. The van der Waals surface area contributed by atoms with Gasteiger partial charge >= 0.3 is 12.1 Å². The Morgan fingerprint density at radius 1 is 1.41 bits per heavy atom. The third-order valence-corrected chi connectivity index (χ3v) is 2.82. The van der Waals surface area contributed by atoms with Crippen LogP contribution in [0.5, 0.6) is 0 Å². The fraction of sp³-hybridized carbons (Fsp3) is 0.300. The maximum absolute atomic E-state index is 12.7. The molecule has 1 rings (SSSR count). The lowest BCUT2D eigenvalue weighted by Gasteiger charge is -2.28. The van der Waals surface area contributed by atoms with Crippen LogP contribution in [0.4, 0.5) is 13.2 Å². The van der Waals surface area contributed by atoms with E-state index in [1.165, 1.54) is 6.07 Å². The van der Waals surface area contributed by atoms with E-state index < -0.39 is 23.2 Å². The first kappa shape index (κ1) is 13.8. The SMILES string of the molecule is Cc1ccc(C(N)(C(=O)O)C(F)(F)F)cc1Cl. The Bertz CT molecular complexity index is 461. The monoisotopic (exact) mass is 267 g/mol. The summed E-state index contributed by atoms with van der Waals surface area (Å²) in [5.41, 5.74) is 1.45. The number of hydrogen-bond donors (Lipinski definition) is 2. The number of nitrogens with two attached hydrogens (primary N) is 1. The van der Waals surface area contributed by atoms with Crippen LogP contribution in [0.2, 0.25) is 5.02 Å². The molecule has 17 heavy (non-hydrogen) atoms. The molecule has 0 amide bonds. The minimum Gasteiger partial charge on any atom is -0.479 e. The van der Waals surface area contributed by atoms with Gasteiger partial charge in [-0.25, -0.2) is 4.79 Å². The van der Waals surface area contributed by atoms with Gasteiger partial charge in [-0.15, -0.1) is 0 Å². The zero-order valence-electron chi connectivity index (χ0n) is 8.68. The summed E-state index contributed by atoms with van der Waals surface area (Å²) in [6, 6.07) is 3.20. The van der Waals surface area contributed by atoms with Gasteiger partial charge in [-0.1, -0.05) is 23.7 Å². The zero-order valence-corrected chi connectivity index (χ0v) is 9.43. The molecule has 1 aromatic rings. The van der Waals surface area contributed by atoms with E-state index in [2.05, 4.69) is 0 Å². The molecule has 7 heteroatoms. The van der Waals surface area contributed by atoms with Crippen molar-refractivity contribution in [1.82, 2.24) is 0 Å². The standard InChI is InChI=1S/C10H9ClF3NO2/c1-5-2-3-6(4-7(5)11)9(15,8(16)17)10(12,13)14/h2-4H,15H2,1H3,(H,16,17). The minimum absolute atomic E-state index is 0.0304. The molecular weight excluding hydrogens is 259 g/mol. The van der Waals surface area contributed by atoms with E-state index in [0.717, 1.165) is 12.1 Å². The third kappa shape index (κ3) is 2.23. The summed E-state index contributed by atoms with van der Waals surface area (Å²) in [5, 5.41) is 8.72. The number of rotatable bonds is 2. The van der Waals surface area contributed by atoms with Crippen LogP contribution in [-0.2, 0) is 10.3 Å². The number of alkyl halides is 3. The van der Waals surface area contributed by atoms with E-state index >= 15 is 0 Å². The maximum Gasteiger partial charge on any atom is 0.421 e. The molecule has 3 nitrogen and oxygen atoms in total. The molecule has 0 aliphatic heterocycles. The van der Waals surface area contributed by atoms with Gasteiger partial charge in [0.1, 0.15) is 0 Å². The molecule has 1 atom stereocenters. The molecule has 0 aromatic heterocycles. The van der Waals surface area contributed by atoms with E-state index in [9.17, 15) is 18.0 Å². The maximum atomic E-state index is 12.7. The molecule has 1 unspecified atom stereocenters. The number of carboxylic acids is 1. The zero-order chi connectivity index (χ0) is 13.4. The fourth-order valence-electron chi connectivity index (χ4n) is 1.25. The highest BCUT2D eigenvalue weighted by atomic mass is 35.5. The molecule has 0 spiro atoms. The quantitative estimate of drug-likeness (QED) is 0.865. The van der Waals surface area contributed by atoms with E-state index in [1.807, 2.05) is 0 Å². The number of benzene rings is 1. The van der Waals surface area contributed by atoms with Crippen molar-refractivity contribution in [3.63, 3.8) is 0 Å². The van der Waals surface area contributed by atoms with E-state index in [-0.39, 0.29) is 5.02 Å². The van der Waals surface area contributed by atoms with Gasteiger partial charge < -0.3 is 10.8 Å². The van der Waals surface area contributed by atoms with Gasteiger partial charge in [0.05, 0.1) is 0 Å². The van der Waals surface area contributed by atoms with Crippen molar-refractivity contribution in [3.05, 3.63) is 34.3 Å². The molecule has 94 valence electrons. The molecule has 0 heterocycles. The fourth-order valence-corrected chi connectivity index (χ4v) is 1.43. The highest BCUT2D eigenvalue weighted by Crippen LogP contribution is 2.38. The van der Waals surface area contributed by atoms with E-state index in [1.54, 1.807) is 6.92 Å². The molecule has 0 radical (unpaired) electrons. The Morgan fingerprint density at radius 2 is 1.94 bits per heavy atom. The number of halogens is 4. The molecule has 1 aromatic carbocycles. The second-order valence-corrected chi connectivity index (χ2v) is 3.98. The van der Waals surface area contributed by atoms with Crippen molar-refractivity contribution in [2.75, 3.05) is 0 Å². The largest absolute Gasteiger partial charge is 0.479 e. The first-order valence-corrected chi connectivity index (χ1v) is 4.84. The van der Waals surface area contributed by atoms with Gasteiger partial charge in [0.25, 0.3) is 0 Å². The van der Waals surface area contributed by atoms with Gasteiger partial charge in [-0.05, 0) is 24.1 Å². The van der Waals surface area contributed by atoms with Crippen molar-refractivity contribution >= 4 is 17.6 Å². The Balaban J connectivity index is 3.44. The molecule has 3 N–H and O–H groups in total. The number of carbonyl (C=O) groups is 1. The first-order valence-electron chi connectivity index (χ1n) is 4.46. The smallest absolute Gasteiger partial charge is 0.421 e. The Hall–Kier alpha value is -1.27. The topological polar surface area (TPSA) is 63.3 Å². The second kappa shape index (κ2) is 4.19. The van der Waals surface area contributed by atoms with Crippen LogP contribution >= 0.6 is 11.6 Å². The van der Waals surface area contributed by atoms with Gasteiger partial charge in [0.15, 0.2) is 0 Å². The molecule has 0 fully saturated rings. The summed E-state index contributed by atoms with van der Waals surface area (Å²) in [5.74, 6) is -2.18. The molecule has 0 saturated carbocycles. The predicted octanol–water partition coefficient (Wildman–Crippen LogP) is 2.45. The van der Waals surface area contributed by atoms with Crippen LogP contribution in [0.25, 0.3) is 0 Å². The summed E-state index contributed by atoms with van der Waals surface area (Å²) < 4.78 is 38.2.